The minimum absolute atomic E-state index is 0.194. The fourth-order valence-electron chi connectivity index (χ4n) is 2.10. The normalized spacial score (nSPS) is 16.6. The van der Waals surface area contributed by atoms with Crippen LogP contribution >= 0.6 is 0 Å². The molecule has 20 heavy (non-hydrogen) atoms. The Labute approximate surface area is 115 Å². The third-order valence-corrected chi connectivity index (χ3v) is 3.23. The van der Waals surface area contributed by atoms with Gasteiger partial charge in [0, 0.05) is 16.5 Å². The molecule has 0 saturated carbocycles. The maximum Gasteiger partial charge on any atom is 0.329 e. The van der Waals surface area contributed by atoms with E-state index in [0.29, 0.717) is 12.4 Å². The molecule has 110 valence electrons. The summed E-state index contributed by atoms with van der Waals surface area (Å²) in [6.45, 7) is 2.59. The van der Waals surface area contributed by atoms with Gasteiger partial charge < -0.3 is 14.6 Å². The van der Waals surface area contributed by atoms with Crippen LogP contribution in [0.2, 0.25) is 0 Å². The molecule has 0 atom stereocenters. The monoisotopic (exact) mass is 286 g/mol. The second kappa shape index (κ2) is 5.01. The molecule has 0 aromatic heterocycles. The summed E-state index contributed by atoms with van der Waals surface area (Å²) in [6.07, 6.45) is 0. The topological polar surface area (TPSA) is 55.8 Å². The minimum Gasteiger partial charge on any atom is -0.492 e. The van der Waals surface area contributed by atoms with Gasteiger partial charge in [-0.15, -0.1) is 0 Å². The van der Waals surface area contributed by atoms with E-state index < -0.39 is 25.1 Å². The maximum absolute atomic E-state index is 14.0. The number of rotatable bonds is 5. The van der Waals surface area contributed by atoms with E-state index in [1.807, 2.05) is 13.8 Å². The van der Waals surface area contributed by atoms with Gasteiger partial charge in [-0.2, -0.15) is 8.78 Å². The van der Waals surface area contributed by atoms with Crippen molar-refractivity contribution in [2.24, 2.45) is 0 Å². The fraction of sp³-hybridized carbons (Fsp3) is 0.500. The molecule has 6 heteroatoms. The van der Waals surface area contributed by atoms with Gasteiger partial charge in [0.2, 0.25) is 0 Å². The lowest BCUT2D eigenvalue weighted by atomic mass is 9.85. The first-order chi connectivity index (χ1) is 9.22. The van der Waals surface area contributed by atoms with E-state index in [1.54, 1.807) is 0 Å². The molecule has 1 aliphatic rings. The molecule has 1 N–H and O–H groups in total. The Hall–Kier alpha value is -1.69. The number of aliphatic carboxylic acids is 1. The first-order valence-electron chi connectivity index (χ1n) is 6.17. The lowest BCUT2D eigenvalue weighted by Crippen LogP contribution is -2.24. The number of benzene rings is 1. The number of carboxylic acid groups (broad SMARTS) is 1. The number of hydrogen-bond acceptors (Lipinski definition) is 3. The lowest BCUT2D eigenvalue weighted by Gasteiger charge is -2.20. The van der Waals surface area contributed by atoms with Gasteiger partial charge in [0.25, 0.3) is 5.92 Å². The van der Waals surface area contributed by atoms with Crippen molar-refractivity contribution in [2.45, 2.75) is 25.2 Å². The predicted molar refractivity (Wildman–Crippen MR) is 67.3 cm³/mol. The molecule has 0 saturated heterocycles. The molecular weight excluding hydrogens is 270 g/mol. The summed E-state index contributed by atoms with van der Waals surface area (Å²) in [5.74, 6) is -3.89. The molecule has 1 heterocycles. The van der Waals surface area contributed by atoms with Crippen molar-refractivity contribution in [3.8, 4) is 5.75 Å². The number of alkyl halides is 2. The molecule has 0 aliphatic carbocycles. The third-order valence-electron chi connectivity index (χ3n) is 3.23. The van der Waals surface area contributed by atoms with Gasteiger partial charge in [-0.3, -0.25) is 0 Å². The largest absolute Gasteiger partial charge is 0.492 e. The first-order valence-corrected chi connectivity index (χ1v) is 6.17. The molecule has 0 spiro atoms. The Morgan fingerprint density at radius 1 is 1.50 bits per heavy atom. The molecule has 1 aromatic rings. The summed E-state index contributed by atoms with van der Waals surface area (Å²) in [5, 5.41) is 8.39. The van der Waals surface area contributed by atoms with Crippen molar-refractivity contribution >= 4 is 5.97 Å². The van der Waals surface area contributed by atoms with Crippen LogP contribution in [0.5, 0.6) is 5.75 Å². The number of halogens is 2. The fourth-order valence-corrected chi connectivity index (χ4v) is 2.10. The highest BCUT2D eigenvalue weighted by Crippen LogP contribution is 2.41. The number of carboxylic acids is 1. The van der Waals surface area contributed by atoms with Crippen molar-refractivity contribution in [1.29, 1.82) is 0 Å². The quantitative estimate of drug-likeness (QED) is 0.903. The molecule has 0 amide bonds. The second-order valence-corrected chi connectivity index (χ2v) is 5.47. The zero-order valence-electron chi connectivity index (χ0n) is 11.3. The van der Waals surface area contributed by atoms with E-state index >= 15 is 0 Å². The molecule has 0 radical (unpaired) electrons. The van der Waals surface area contributed by atoms with Crippen LogP contribution in [0, 0.1) is 0 Å². The summed E-state index contributed by atoms with van der Waals surface area (Å²) < 4.78 is 37.9. The molecule has 0 bridgehead atoms. The number of ether oxygens (including phenoxy) is 2. The van der Waals surface area contributed by atoms with Gasteiger partial charge in [0.1, 0.15) is 19.0 Å². The van der Waals surface area contributed by atoms with Crippen LogP contribution in [-0.2, 0) is 20.9 Å². The van der Waals surface area contributed by atoms with E-state index in [2.05, 4.69) is 4.74 Å². The van der Waals surface area contributed by atoms with Gasteiger partial charge in [0.15, 0.2) is 0 Å². The molecule has 4 nitrogen and oxygen atoms in total. The molecule has 0 unspecified atom stereocenters. The smallest absolute Gasteiger partial charge is 0.329 e. The zero-order valence-corrected chi connectivity index (χ0v) is 11.3. The van der Waals surface area contributed by atoms with Gasteiger partial charge in [-0.05, 0) is 18.2 Å². The van der Waals surface area contributed by atoms with Crippen LogP contribution in [0.1, 0.15) is 25.0 Å². The summed E-state index contributed by atoms with van der Waals surface area (Å²) >= 11 is 0. The third kappa shape index (κ3) is 2.90. The van der Waals surface area contributed by atoms with Gasteiger partial charge in [0.05, 0.1) is 6.61 Å². The zero-order chi connectivity index (χ0) is 15.0. The maximum atomic E-state index is 14.0. The summed E-state index contributed by atoms with van der Waals surface area (Å²) in [4.78, 5) is 10.3. The van der Waals surface area contributed by atoms with E-state index in [0.717, 1.165) is 5.56 Å². The van der Waals surface area contributed by atoms with Crippen LogP contribution in [0.15, 0.2) is 18.2 Å². The number of fused-ring (bicyclic) bond motifs is 1. The van der Waals surface area contributed by atoms with Crippen LogP contribution in [0.3, 0.4) is 0 Å². The highest BCUT2D eigenvalue weighted by atomic mass is 19.3. The van der Waals surface area contributed by atoms with Crippen LogP contribution in [0.4, 0.5) is 8.78 Å². The summed E-state index contributed by atoms with van der Waals surface area (Å²) in [5.41, 5.74) is 0.219. The Kier molecular flexibility index (Phi) is 3.69. The van der Waals surface area contributed by atoms with E-state index in [1.165, 1.54) is 18.2 Å². The highest BCUT2D eigenvalue weighted by Gasteiger charge is 2.37. The second-order valence-electron chi connectivity index (χ2n) is 5.47. The Balaban J connectivity index is 2.18. The van der Waals surface area contributed by atoms with Crippen molar-refractivity contribution < 1.29 is 28.2 Å². The number of hydrogen-bond donors (Lipinski definition) is 1. The first kappa shape index (κ1) is 14.7. The van der Waals surface area contributed by atoms with E-state index in [-0.39, 0.29) is 11.0 Å². The summed E-state index contributed by atoms with van der Waals surface area (Å²) in [6, 6.07) is 4.21. The standard InChI is InChI=1S/C14H16F2O4/c1-13(2)7-20-11-4-3-9(5-10(11)13)14(15,16)8-19-6-12(17)18/h3-5H,6-8H2,1-2H3,(H,17,18). The van der Waals surface area contributed by atoms with Gasteiger partial charge in [-0.1, -0.05) is 13.8 Å². The van der Waals surface area contributed by atoms with E-state index in [4.69, 9.17) is 9.84 Å². The van der Waals surface area contributed by atoms with Crippen LogP contribution in [-0.4, -0.2) is 30.9 Å². The SMILES string of the molecule is CC1(C)COc2ccc(C(F)(F)COCC(=O)O)cc21. The highest BCUT2D eigenvalue weighted by molar-refractivity contribution is 5.68. The van der Waals surface area contributed by atoms with Crippen molar-refractivity contribution in [1.82, 2.24) is 0 Å². The average Bonchev–Trinajstić information content (AvgIpc) is 2.64. The predicted octanol–water partition coefficient (Wildman–Crippen LogP) is 2.55. The Morgan fingerprint density at radius 3 is 2.85 bits per heavy atom. The molecule has 1 aromatic carbocycles. The number of carbonyl (C=O) groups is 1. The van der Waals surface area contributed by atoms with Gasteiger partial charge >= 0.3 is 5.97 Å². The molecule has 2 rings (SSSR count). The van der Waals surface area contributed by atoms with E-state index in [9.17, 15) is 13.6 Å². The van der Waals surface area contributed by atoms with Crippen LogP contribution < -0.4 is 4.74 Å². The lowest BCUT2D eigenvalue weighted by molar-refractivity contribution is -0.147. The molecule has 1 aliphatic heterocycles. The summed E-state index contributed by atoms with van der Waals surface area (Å²) in [7, 11) is 0. The average molecular weight is 286 g/mol. The Bertz CT molecular complexity index is 526. The Morgan fingerprint density at radius 2 is 2.20 bits per heavy atom. The molecular formula is C14H16F2O4. The van der Waals surface area contributed by atoms with Gasteiger partial charge in [-0.25, -0.2) is 4.79 Å². The van der Waals surface area contributed by atoms with Crippen molar-refractivity contribution in [2.75, 3.05) is 19.8 Å². The van der Waals surface area contributed by atoms with Crippen molar-refractivity contribution in [3.05, 3.63) is 29.3 Å². The minimum atomic E-state index is -3.23. The molecule has 0 fully saturated rings. The van der Waals surface area contributed by atoms with Crippen LogP contribution in [0.25, 0.3) is 0 Å². The van der Waals surface area contributed by atoms with Crippen molar-refractivity contribution in [3.63, 3.8) is 0 Å².